The molecule has 2 aromatic carbocycles. The molecule has 0 spiro atoms. The first-order valence-electron chi connectivity index (χ1n) is 9.94. The van der Waals surface area contributed by atoms with Crippen molar-refractivity contribution < 1.29 is 18.7 Å². The second-order valence-electron chi connectivity index (χ2n) is 7.10. The van der Waals surface area contributed by atoms with Gasteiger partial charge in [-0.1, -0.05) is 47.7 Å². The number of furan rings is 1. The second kappa shape index (κ2) is 10.2. The van der Waals surface area contributed by atoms with E-state index in [0.29, 0.717) is 32.3 Å². The Morgan fingerprint density at radius 3 is 2.58 bits per heavy atom. The first-order valence-corrected chi connectivity index (χ1v) is 11.5. The molecule has 0 bridgehead atoms. The molecule has 9 heteroatoms. The van der Waals surface area contributed by atoms with Crippen LogP contribution in [-0.2, 0) is 16.1 Å². The molecule has 1 saturated heterocycles. The number of ether oxygens (including phenoxy) is 1. The molecule has 33 heavy (non-hydrogen) atoms. The lowest BCUT2D eigenvalue weighted by Gasteiger charge is -2.14. The lowest BCUT2D eigenvalue weighted by Crippen LogP contribution is -2.39. The van der Waals surface area contributed by atoms with E-state index < -0.39 is 0 Å². The van der Waals surface area contributed by atoms with Crippen molar-refractivity contribution in [2.45, 2.75) is 6.54 Å². The van der Waals surface area contributed by atoms with E-state index in [1.165, 1.54) is 4.90 Å². The van der Waals surface area contributed by atoms with E-state index in [2.05, 4.69) is 5.32 Å². The molecule has 6 nitrogen and oxygen atoms in total. The number of hydrogen-bond donors (Lipinski definition) is 1. The zero-order valence-electron chi connectivity index (χ0n) is 17.5. The van der Waals surface area contributed by atoms with Crippen LogP contribution in [0.5, 0.6) is 5.75 Å². The highest BCUT2D eigenvalue weighted by Crippen LogP contribution is 2.33. The normalized spacial score (nSPS) is 14.7. The van der Waals surface area contributed by atoms with Crippen molar-refractivity contribution in [3.63, 3.8) is 0 Å². The molecule has 0 radical (unpaired) electrons. The summed E-state index contributed by atoms with van der Waals surface area (Å²) < 4.78 is 11.3. The highest BCUT2D eigenvalue weighted by Gasteiger charge is 2.33. The second-order valence-corrected chi connectivity index (χ2v) is 9.21. The molecule has 1 aromatic heterocycles. The number of nitrogens with one attached hydrogen (secondary N) is 1. The molecule has 3 aromatic rings. The van der Waals surface area contributed by atoms with Crippen LogP contribution in [0.25, 0.3) is 17.4 Å². The van der Waals surface area contributed by atoms with Crippen molar-refractivity contribution in [3.05, 3.63) is 81.9 Å². The standard InChI is InChI=1S/C24H19ClN2O4S2/c1-30-18-8-2-15(3-9-18)13-26-22(28)14-27-23(29)21(33-24(27)32)12-19-10-11-20(31-19)16-4-6-17(25)7-5-16/h2-12H,13-14H2,1H3,(H,26,28)/b21-12-. The Balaban J connectivity index is 1.37. The van der Waals surface area contributed by atoms with Crippen LogP contribution in [0, 0.1) is 0 Å². The van der Waals surface area contributed by atoms with Gasteiger partial charge in [0.2, 0.25) is 5.91 Å². The Morgan fingerprint density at radius 1 is 1.15 bits per heavy atom. The minimum absolute atomic E-state index is 0.146. The third-order valence-corrected chi connectivity index (χ3v) is 6.48. The summed E-state index contributed by atoms with van der Waals surface area (Å²) in [5, 5.41) is 3.45. The van der Waals surface area contributed by atoms with Crippen molar-refractivity contribution in [3.8, 4) is 17.1 Å². The van der Waals surface area contributed by atoms with Crippen molar-refractivity contribution in [2.75, 3.05) is 13.7 Å². The Morgan fingerprint density at radius 2 is 1.88 bits per heavy atom. The SMILES string of the molecule is COc1ccc(CNC(=O)CN2C(=O)/C(=C/c3ccc(-c4ccc(Cl)cc4)o3)SC2=S)cc1. The molecular formula is C24H19ClN2O4S2. The van der Waals surface area contributed by atoms with Crippen molar-refractivity contribution in [1.82, 2.24) is 10.2 Å². The molecule has 2 heterocycles. The van der Waals surface area contributed by atoms with E-state index in [0.717, 1.165) is 28.6 Å². The van der Waals surface area contributed by atoms with Gasteiger partial charge in [-0.15, -0.1) is 0 Å². The molecular weight excluding hydrogens is 480 g/mol. The monoisotopic (exact) mass is 498 g/mol. The number of halogens is 1. The molecule has 1 aliphatic rings. The average Bonchev–Trinajstić information content (AvgIpc) is 3.39. The third kappa shape index (κ3) is 5.65. The van der Waals surface area contributed by atoms with E-state index in [-0.39, 0.29) is 18.4 Å². The zero-order valence-corrected chi connectivity index (χ0v) is 19.9. The third-order valence-electron chi connectivity index (χ3n) is 4.85. The number of benzene rings is 2. The minimum Gasteiger partial charge on any atom is -0.497 e. The number of rotatable bonds is 7. The van der Waals surface area contributed by atoms with Gasteiger partial charge in [0, 0.05) is 23.2 Å². The van der Waals surface area contributed by atoms with Crippen molar-refractivity contribution in [2.24, 2.45) is 0 Å². The van der Waals surface area contributed by atoms with Gasteiger partial charge in [0.25, 0.3) is 5.91 Å². The van der Waals surface area contributed by atoms with Gasteiger partial charge in [-0.05, 0) is 54.1 Å². The number of methoxy groups -OCH3 is 1. The number of thioether (sulfide) groups is 1. The number of amides is 2. The number of hydrogen-bond acceptors (Lipinski definition) is 6. The van der Waals surface area contributed by atoms with Gasteiger partial charge in [-0.25, -0.2) is 0 Å². The van der Waals surface area contributed by atoms with Gasteiger partial charge in [-0.3, -0.25) is 14.5 Å². The summed E-state index contributed by atoms with van der Waals surface area (Å²) in [5.74, 6) is 1.29. The Kier molecular flexibility index (Phi) is 7.17. The zero-order chi connectivity index (χ0) is 23.4. The van der Waals surface area contributed by atoms with Gasteiger partial charge in [0.05, 0.1) is 12.0 Å². The van der Waals surface area contributed by atoms with E-state index in [1.54, 1.807) is 31.4 Å². The Labute approximate surface area is 205 Å². The molecule has 0 atom stereocenters. The van der Waals surface area contributed by atoms with Crippen LogP contribution >= 0.6 is 35.6 Å². The van der Waals surface area contributed by atoms with E-state index in [9.17, 15) is 9.59 Å². The summed E-state index contributed by atoms with van der Waals surface area (Å²) in [6.07, 6.45) is 1.63. The maximum atomic E-state index is 12.8. The van der Waals surface area contributed by atoms with Crippen LogP contribution in [0.2, 0.25) is 5.02 Å². The van der Waals surface area contributed by atoms with Crippen LogP contribution in [0.3, 0.4) is 0 Å². The van der Waals surface area contributed by atoms with Crippen LogP contribution < -0.4 is 10.1 Å². The average molecular weight is 499 g/mol. The largest absolute Gasteiger partial charge is 0.497 e. The number of carbonyl (C=O) groups is 2. The minimum atomic E-state index is -0.325. The highest BCUT2D eigenvalue weighted by molar-refractivity contribution is 8.26. The van der Waals surface area contributed by atoms with E-state index in [1.807, 2.05) is 42.5 Å². The summed E-state index contributed by atoms with van der Waals surface area (Å²) in [5.41, 5.74) is 1.80. The predicted molar refractivity (Wildman–Crippen MR) is 134 cm³/mol. The number of nitrogens with zero attached hydrogens (tertiary/aromatic N) is 1. The van der Waals surface area contributed by atoms with Crippen LogP contribution in [0.15, 0.2) is 70.0 Å². The summed E-state index contributed by atoms with van der Waals surface area (Å²) >= 11 is 12.4. The molecule has 2 amide bonds. The molecule has 168 valence electrons. The summed E-state index contributed by atoms with van der Waals surface area (Å²) in [6, 6.07) is 18.2. The maximum Gasteiger partial charge on any atom is 0.266 e. The topological polar surface area (TPSA) is 71.8 Å². The summed E-state index contributed by atoms with van der Waals surface area (Å²) in [7, 11) is 1.60. The Hall–Kier alpha value is -3.07. The van der Waals surface area contributed by atoms with E-state index in [4.69, 9.17) is 33.0 Å². The smallest absolute Gasteiger partial charge is 0.266 e. The van der Waals surface area contributed by atoms with E-state index >= 15 is 0 Å². The summed E-state index contributed by atoms with van der Waals surface area (Å²) in [6.45, 7) is 0.194. The highest BCUT2D eigenvalue weighted by atomic mass is 35.5. The maximum absolute atomic E-state index is 12.8. The molecule has 0 saturated carbocycles. The van der Waals surface area contributed by atoms with Crippen molar-refractivity contribution in [1.29, 1.82) is 0 Å². The van der Waals surface area contributed by atoms with Crippen LogP contribution in [0.4, 0.5) is 0 Å². The lowest BCUT2D eigenvalue weighted by molar-refractivity contribution is -0.128. The van der Waals surface area contributed by atoms with Gasteiger partial charge < -0.3 is 14.5 Å². The molecule has 0 unspecified atom stereocenters. The van der Waals surface area contributed by atoms with Gasteiger partial charge in [0.1, 0.15) is 28.1 Å². The van der Waals surface area contributed by atoms with Gasteiger partial charge in [-0.2, -0.15) is 0 Å². The molecule has 4 rings (SSSR count). The number of thiocarbonyl (C=S) groups is 1. The fraction of sp³-hybridized carbons (Fsp3) is 0.125. The van der Waals surface area contributed by atoms with Gasteiger partial charge in [0.15, 0.2) is 0 Å². The summed E-state index contributed by atoms with van der Waals surface area (Å²) in [4.78, 5) is 26.9. The lowest BCUT2D eigenvalue weighted by atomic mass is 10.2. The quantitative estimate of drug-likeness (QED) is 0.360. The first-order chi connectivity index (χ1) is 15.9. The predicted octanol–water partition coefficient (Wildman–Crippen LogP) is 5.13. The fourth-order valence-electron chi connectivity index (χ4n) is 3.11. The number of carbonyl (C=O) groups excluding carboxylic acids is 2. The fourth-order valence-corrected chi connectivity index (χ4v) is 4.47. The van der Waals surface area contributed by atoms with Crippen LogP contribution in [-0.4, -0.2) is 34.7 Å². The van der Waals surface area contributed by atoms with Gasteiger partial charge >= 0.3 is 0 Å². The van der Waals surface area contributed by atoms with Crippen LogP contribution in [0.1, 0.15) is 11.3 Å². The molecule has 1 fully saturated rings. The molecule has 1 N–H and O–H groups in total. The molecule has 1 aliphatic heterocycles. The first kappa shape index (κ1) is 23.1. The Bertz CT molecular complexity index is 1220. The van der Waals surface area contributed by atoms with Crippen molar-refractivity contribution >= 4 is 57.8 Å². The molecule has 0 aliphatic carbocycles.